The number of aliphatic carboxylic acids is 1. The van der Waals surface area contributed by atoms with Crippen LogP contribution < -0.4 is 0 Å². The molecule has 20 heavy (non-hydrogen) atoms. The van der Waals surface area contributed by atoms with Crippen molar-refractivity contribution in [3.8, 4) is 0 Å². The van der Waals surface area contributed by atoms with E-state index in [4.69, 9.17) is 0 Å². The van der Waals surface area contributed by atoms with Gasteiger partial charge in [-0.25, -0.2) is 4.98 Å². The first-order valence-corrected chi connectivity index (χ1v) is 6.75. The van der Waals surface area contributed by atoms with Gasteiger partial charge in [0.25, 0.3) is 0 Å². The molecule has 0 saturated carbocycles. The third kappa shape index (κ3) is 2.58. The van der Waals surface area contributed by atoms with Crippen molar-refractivity contribution in [2.45, 2.75) is 25.6 Å². The van der Waals surface area contributed by atoms with E-state index in [-0.39, 0.29) is 12.5 Å². The quantitative estimate of drug-likeness (QED) is 0.923. The SMILES string of the molecule is O=C(O)CC(c1ccccc1)N1CCn2ccnc2C1. The fourth-order valence-electron chi connectivity index (χ4n) is 2.76. The van der Waals surface area contributed by atoms with E-state index < -0.39 is 5.97 Å². The van der Waals surface area contributed by atoms with Gasteiger partial charge in [0.05, 0.1) is 13.0 Å². The van der Waals surface area contributed by atoms with E-state index in [1.165, 1.54) is 0 Å². The van der Waals surface area contributed by atoms with E-state index in [2.05, 4.69) is 14.5 Å². The second-order valence-corrected chi connectivity index (χ2v) is 5.03. The molecule has 0 fully saturated rings. The van der Waals surface area contributed by atoms with Crippen LogP contribution in [0.3, 0.4) is 0 Å². The summed E-state index contributed by atoms with van der Waals surface area (Å²) in [4.78, 5) is 17.7. The summed E-state index contributed by atoms with van der Waals surface area (Å²) in [5.74, 6) is 0.232. The Labute approximate surface area is 117 Å². The topological polar surface area (TPSA) is 58.4 Å². The molecule has 2 aromatic rings. The standard InChI is InChI=1S/C15H17N3O2/c19-15(20)10-13(12-4-2-1-3-5-12)18-9-8-17-7-6-16-14(17)11-18/h1-7,13H,8-11H2,(H,19,20). The maximum atomic E-state index is 11.2. The highest BCUT2D eigenvalue weighted by Crippen LogP contribution is 2.27. The number of rotatable bonds is 4. The van der Waals surface area contributed by atoms with Gasteiger partial charge in [0.1, 0.15) is 5.82 Å². The fourth-order valence-corrected chi connectivity index (χ4v) is 2.76. The monoisotopic (exact) mass is 271 g/mol. The van der Waals surface area contributed by atoms with Gasteiger partial charge >= 0.3 is 5.97 Å². The summed E-state index contributed by atoms with van der Waals surface area (Å²) >= 11 is 0. The lowest BCUT2D eigenvalue weighted by atomic mass is 10.0. The summed E-state index contributed by atoms with van der Waals surface area (Å²) in [7, 11) is 0. The highest BCUT2D eigenvalue weighted by molar-refractivity contribution is 5.68. The number of imidazole rings is 1. The second-order valence-electron chi connectivity index (χ2n) is 5.03. The van der Waals surface area contributed by atoms with E-state index in [0.29, 0.717) is 6.54 Å². The summed E-state index contributed by atoms with van der Waals surface area (Å²) < 4.78 is 2.12. The van der Waals surface area contributed by atoms with Gasteiger partial charge in [-0.15, -0.1) is 0 Å². The summed E-state index contributed by atoms with van der Waals surface area (Å²) in [6.07, 6.45) is 3.89. The zero-order chi connectivity index (χ0) is 13.9. The van der Waals surface area contributed by atoms with Crippen LogP contribution in [-0.4, -0.2) is 32.1 Å². The van der Waals surface area contributed by atoms with Gasteiger partial charge < -0.3 is 9.67 Å². The minimum Gasteiger partial charge on any atom is -0.481 e. The van der Waals surface area contributed by atoms with Gasteiger partial charge in [0, 0.05) is 31.5 Å². The van der Waals surface area contributed by atoms with Gasteiger partial charge in [-0.1, -0.05) is 30.3 Å². The molecule has 1 unspecified atom stereocenters. The van der Waals surface area contributed by atoms with Crippen molar-refractivity contribution < 1.29 is 9.90 Å². The molecule has 5 nitrogen and oxygen atoms in total. The van der Waals surface area contributed by atoms with Crippen molar-refractivity contribution in [1.29, 1.82) is 0 Å². The molecule has 0 aliphatic carbocycles. The number of aromatic nitrogens is 2. The largest absolute Gasteiger partial charge is 0.481 e. The normalized spacial score (nSPS) is 16.6. The van der Waals surface area contributed by atoms with Gasteiger partial charge in [-0.2, -0.15) is 0 Å². The lowest BCUT2D eigenvalue weighted by Gasteiger charge is -2.34. The second kappa shape index (κ2) is 5.46. The highest BCUT2D eigenvalue weighted by atomic mass is 16.4. The van der Waals surface area contributed by atoms with E-state index in [0.717, 1.165) is 24.5 Å². The number of carboxylic acid groups (broad SMARTS) is 1. The third-order valence-electron chi connectivity index (χ3n) is 3.77. The Morgan fingerprint density at radius 3 is 2.85 bits per heavy atom. The zero-order valence-electron chi connectivity index (χ0n) is 11.1. The molecule has 2 heterocycles. The molecule has 3 rings (SSSR count). The molecule has 0 saturated heterocycles. The van der Waals surface area contributed by atoms with Crippen LogP contribution >= 0.6 is 0 Å². The number of carbonyl (C=O) groups is 1. The molecular weight excluding hydrogens is 254 g/mol. The molecule has 0 radical (unpaired) electrons. The summed E-state index contributed by atoms with van der Waals surface area (Å²) in [5, 5.41) is 9.18. The van der Waals surface area contributed by atoms with Crippen LogP contribution in [-0.2, 0) is 17.9 Å². The first kappa shape index (κ1) is 12.9. The molecule has 1 aromatic heterocycles. The maximum Gasteiger partial charge on any atom is 0.305 e. The molecule has 0 bridgehead atoms. The lowest BCUT2D eigenvalue weighted by molar-refractivity contribution is -0.138. The first-order chi connectivity index (χ1) is 9.74. The van der Waals surface area contributed by atoms with E-state index in [9.17, 15) is 9.90 Å². The van der Waals surface area contributed by atoms with E-state index in [1.807, 2.05) is 36.5 Å². The molecule has 0 spiro atoms. The van der Waals surface area contributed by atoms with Crippen LogP contribution in [0.25, 0.3) is 0 Å². The fraction of sp³-hybridized carbons (Fsp3) is 0.333. The molecule has 1 aromatic carbocycles. The minimum atomic E-state index is -0.771. The number of nitrogens with zero attached hydrogens (tertiary/aromatic N) is 3. The maximum absolute atomic E-state index is 11.2. The minimum absolute atomic E-state index is 0.0980. The van der Waals surface area contributed by atoms with Crippen molar-refractivity contribution in [3.05, 3.63) is 54.1 Å². The Morgan fingerprint density at radius 1 is 1.30 bits per heavy atom. The number of fused-ring (bicyclic) bond motifs is 1. The Bertz CT molecular complexity index is 594. The van der Waals surface area contributed by atoms with Crippen molar-refractivity contribution in [2.75, 3.05) is 6.54 Å². The van der Waals surface area contributed by atoms with Crippen LogP contribution in [0.15, 0.2) is 42.7 Å². The lowest BCUT2D eigenvalue weighted by Crippen LogP contribution is -2.37. The molecule has 1 aliphatic rings. The first-order valence-electron chi connectivity index (χ1n) is 6.75. The molecular formula is C15H17N3O2. The van der Waals surface area contributed by atoms with Gasteiger partial charge in [-0.3, -0.25) is 9.69 Å². The van der Waals surface area contributed by atoms with Gasteiger partial charge in [-0.05, 0) is 5.56 Å². The molecule has 104 valence electrons. The molecule has 1 atom stereocenters. The zero-order valence-corrected chi connectivity index (χ0v) is 11.1. The van der Waals surface area contributed by atoms with E-state index >= 15 is 0 Å². The summed E-state index contributed by atoms with van der Waals surface area (Å²) in [5.41, 5.74) is 1.05. The Morgan fingerprint density at radius 2 is 2.10 bits per heavy atom. The number of carboxylic acids is 1. The van der Waals surface area contributed by atoms with Gasteiger partial charge in [0.15, 0.2) is 0 Å². The number of hydrogen-bond donors (Lipinski definition) is 1. The van der Waals surface area contributed by atoms with Crippen LogP contribution in [0.2, 0.25) is 0 Å². The molecule has 1 N–H and O–H groups in total. The van der Waals surface area contributed by atoms with Crippen LogP contribution in [0, 0.1) is 0 Å². The average molecular weight is 271 g/mol. The molecule has 5 heteroatoms. The summed E-state index contributed by atoms with van der Waals surface area (Å²) in [6, 6.07) is 9.75. The number of hydrogen-bond acceptors (Lipinski definition) is 3. The Balaban J connectivity index is 1.85. The van der Waals surface area contributed by atoms with Crippen molar-refractivity contribution in [3.63, 3.8) is 0 Å². The predicted octanol–water partition coefficient (Wildman–Crippen LogP) is 1.91. The van der Waals surface area contributed by atoms with E-state index in [1.54, 1.807) is 6.20 Å². The van der Waals surface area contributed by atoms with Crippen molar-refractivity contribution in [1.82, 2.24) is 14.5 Å². The smallest absolute Gasteiger partial charge is 0.305 e. The highest BCUT2D eigenvalue weighted by Gasteiger charge is 2.27. The van der Waals surface area contributed by atoms with Gasteiger partial charge in [0.2, 0.25) is 0 Å². The number of benzene rings is 1. The van der Waals surface area contributed by atoms with Crippen molar-refractivity contribution in [2.24, 2.45) is 0 Å². The summed E-state index contributed by atoms with van der Waals surface area (Å²) in [6.45, 7) is 2.40. The predicted molar refractivity (Wildman–Crippen MR) is 74.1 cm³/mol. The molecule has 0 amide bonds. The van der Waals surface area contributed by atoms with Crippen LogP contribution in [0.1, 0.15) is 23.9 Å². The van der Waals surface area contributed by atoms with Crippen LogP contribution in [0.4, 0.5) is 0 Å². The third-order valence-corrected chi connectivity index (χ3v) is 3.77. The molecule has 1 aliphatic heterocycles. The Hall–Kier alpha value is -2.14. The Kier molecular flexibility index (Phi) is 3.52. The average Bonchev–Trinajstić information content (AvgIpc) is 2.93. The van der Waals surface area contributed by atoms with Crippen molar-refractivity contribution >= 4 is 5.97 Å². The van der Waals surface area contributed by atoms with Crippen LogP contribution in [0.5, 0.6) is 0 Å².